The summed E-state index contributed by atoms with van der Waals surface area (Å²) in [7, 11) is 0. The Hall–Kier alpha value is -0.930. The number of nitrogens with zero attached hydrogens (tertiary/aromatic N) is 1. The quantitative estimate of drug-likeness (QED) is 0.717. The molecule has 3 nitrogen and oxygen atoms in total. The van der Waals surface area contributed by atoms with Gasteiger partial charge >= 0.3 is 0 Å². The first-order valence-corrected chi connectivity index (χ1v) is 4.34. The van der Waals surface area contributed by atoms with E-state index in [1.807, 2.05) is 19.9 Å². The summed E-state index contributed by atoms with van der Waals surface area (Å²) in [5.41, 5.74) is 7.46. The molecule has 0 aliphatic carbocycles. The molecule has 1 rings (SSSR count). The monoisotopic (exact) mass is 180 g/mol. The number of aromatic nitrogens is 1. The molecule has 0 bridgehead atoms. The van der Waals surface area contributed by atoms with E-state index in [1.165, 1.54) is 0 Å². The predicted octanol–water partition coefficient (Wildman–Crippen LogP) is 0.642. The van der Waals surface area contributed by atoms with E-state index in [9.17, 15) is 0 Å². The molecule has 1 heterocycles. The molecule has 1 atom stereocenters. The molecule has 3 N–H and O–H groups in total. The minimum atomic E-state index is -0.546. The fraction of sp³-hybridized carbons (Fsp3) is 0.500. The van der Waals surface area contributed by atoms with Gasteiger partial charge in [-0.2, -0.15) is 0 Å². The average Bonchev–Trinajstić information content (AvgIpc) is 2.03. The van der Waals surface area contributed by atoms with Crippen molar-refractivity contribution >= 4 is 0 Å². The van der Waals surface area contributed by atoms with Crippen LogP contribution in [0.5, 0.6) is 0 Å². The summed E-state index contributed by atoms with van der Waals surface area (Å²) in [6, 6.07) is 2.04. The minimum absolute atomic E-state index is 0.0130. The third-order valence-corrected chi connectivity index (χ3v) is 1.90. The molecule has 0 aliphatic rings. The van der Waals surface area contributed by atoms with Gasteiger partial charge in [0.1, 0.15) is 0 Å². The van der Waals surface area contributed by atoms with Crippen LogP contribution in [0.15, 0.2) is 18.5 Å². The van der Waals surface area contributed by atoms with Crippen molar-refractivity contribution in [3.8, 4) is 0 Å². The van der Waals surface area contributed by atoms with E-state index in [0.717, 1.165) is 11.1 Å². The highest BCUT2D eigenvalue weighted by atomic mass is 16.3. The Balaban J connectivity index is 2.74. The molecule has 0 fully saturated rings. The fourth-order valence-electron chi connectivity index (χ4n) is 1.24. The SMILES string of the molecule is Cc1cncc(CC(C)(N)CO)c1. The van der Waals surface area contributed by atoms with Gasteiger partial charge in [-0.05, 0) is 31.4 Å². The van der Waals surface area contributed by atoms with Crippen molar-refractivity contribution in [2.24, 2.45) is 5.73 Å². The first-order valence-electron chi connectivity index (χ1n) is 4.34. The summed E-state index contributed by atoms with van der Waals surface area (Å²) in [5, 5.41) is 8.98. The van der Waals surface area contributed by atoms with Crippen molar-refractivity contribution in [2.45, 2.75) is 25.8 Å². The zero-order valence-corrected chi connectivity index (χ0v) is 8.12. The Morgan fingerprint density at radius 2 is 2.23 bits per heavy atom. The van der Waals surface area contributed by atoms with E-state index in [1.54, 1.807) is 12.4 Å². The lowest BCUT2D eigenvalue weighted by atomic mass is 9.95. The molecule has 0 aromatic carbocycles. The third-order valence-electron chi connectivity index (χ3n) is 1.90. The number of nitrogens with two attached hydrogens (primary N) is 1. The molecule has 3 heteroatoms. The van der Waals surface area contributed by atoms with E-state index in [2.05, 4.69) is 4.98 Å². The number of aryl methyl sites for hydroxylation is 1. The summed E-state index contributed by atoms with van der Waals surface area (Å²) in [6.45, 7) is 3.81. The smallest absolute Gasteiger partial charge is 0.0611 e. The standard InChI is InChI=1S/C10H16N2O/c1-8-3-9(6-12-5-8)4-10(2,11)7-13/h3,5-6,13H,4,7,11H2,1-2H3. The first-order chi connectivity index (χ1) is 6.03. The van der Waals surface area contributed by atoms with Crippen molar-refractivity contribution < 1.29 is 5.11 Å². The van der Waals surface area contributed by atoms with Crippen LogP contribution in [-0.2, 0) is 6.42 Å². The molecule has 13 heavy (non-hydrogen) atoms. The Bertz CT molecular complexity index is 284. The number of rotatable bonds is 3. The molecule has 0 spiro atoms. The second kappa shape index (κ2) is 3.85. The molecule has 0 saturated carbocycles. The Morgan fingerprint density at radius 1 is 1.54 bits per heavy atom. The lowest BCUT2D eigenvalue weighted by molar-refractivity contribution is 0.208. The van der Waals surface area contributed by atoms with Crippen LogP contribution in [0.4, 0.5) is 0 Å². The largest absolute Gasteiger partial charge is 0.394 e. The molecule has 1 unspecified atom stereocenters. The maximum atomic E-state index is 8.98. The van der Waals surface area contributed by atoms with Gasteiger partial charge in [0, 0.05) is 17.9 Å². The van der Waals surface area contributed by atoms with E-state index >= 15 is 0 Å². The molecular formula is C10H16N2O. The molecule has 1 aromatic rings. The number of aliphatic hydroxyl groups is 1. The third kappa shape index (κ3) is 3.13. The minimum Gasteiger partial charge on any atom is -0.394 e. The molecule has 0 saturated heterocycles. The van der Waals surface area contributed by atoms with Crippen molar-refractivity contribution in [2.75, 3.05) is 6.61 Å². The summed E-state index contributed by atoms with van der Waals surface area (Å²) < 4.78 is 0. The van der Waals surface area contributed by atoms with E-state index in [-0.39, 0.29) is 6.61 Å². The zero-order chi connectivity index (χ0) is 9.90. The number of hydrogen-bond donors (Lipinski definition) is 2. The van der Waals surface area contributed by atoms with Gasteiger partial charge in [0.2, 0.25) is 0 Å². The average molecular weight is 180 g/mol. The van der Waals surface area contributed by atoms with E-state index < -0.39 is 5.54 Å². The molecule has 0 aliphatic heterocycles. The maximum Gasteiger partial charge on any atom is 0.0611 e. The number of aliphatic hydroxyl groups excluding tert-OH is 1. The van der Waals surface area contributed by atoms with Crippen molar-refractivity contribution in [1.29, 1.82) is 0 Å². The number of hydrogen-bond acceptors (Lipinski definition) is 3. The van der Waals surface area contributed by atoms with Crippen molar-refractivity contribution in [1.82, 2.24) is 4.98 Å². The first kappa shape index (κ1) is 10.2. The highest BCUT2D eigenvalue weighted by Gasteiger charge is 2.17. The van der Waals surface area contributed by atoms with Gasteiger partial charge in [-0.3, -0.25) is 4.98 Å². The highest BCUT2D eigenvalue weighted by Crippen LogP contribution is 2.10. The van der Waals surface area contributed by atoms with Crippen LogP contribution < -0.4 is 5.73 Å². The Kier molecular flexibility index (Phi) is 3.01. The summed E-state index contributed by atoms with van der Waals surface area (Å²) in [6.07, 6.45) is 4.24. The summed E-state index contributed by atoms with van der Waals surface area (Å²) in [4.78, 5) is 4.07. The normalized spacial score (nSPS) is 15.4. The molecule has 0 radical (unpaired) electrons. The zero-order valence-electron chi connectivity index (χ0n) is 8.12. The Labute approximate surface area is 78.6 Å². The van der Waals surface area contributed by atoms with Gasteiger partial charge in [-0.1, -0.05) is 6.07 Å². The molecule has 1 aromatic heterocycles. The van der Waals surface area contributed by atoms with Gasteiger partial charge in [0.05, 0.1) is 6.61 Å². The maximum absolute atomic E-state index is 8.98. The second-order valence-electron chi connectivity index (χ2n) is 3.86. The van der Waals surface area contributed by atoms with Gasteiger partial charge < -0.3 is 10.8 Å². The summed E-state index contributed by atoms with van der Waals surface area (Å²) >= 11 is 0. The topological polar surface area (TPSA) is 59.1 Å². The van der Waals surface area contributed by atoms with Crippen LogP contribution in [0.2, 0.25) is 0 Å². The lowest BCUT2D eigenvalue weighted by Gasteiger charge is -2.21. The van der Waals surface area contributed by atoms with Crippen LogP contribution in [0.1, 0.15) is 18.1 Å². The van der Waals surface area contributed by atoms with Crippen LogP contribution in [0, 0.1) is 6.92 Å². The fourth-order valence-corrected chi connectivity index (χ4v) is 1.24. The van der Waals surface area contributed by atoms with Gasteiger partial charge in [-0.15, -0.1) is 0 Å². The van der Waals surface area contributed by atoms with Crippen LogP contribution in [0.25, 0.3) is 0 Å². The number of pyridine rings is 1. The molecule has 0 amide bonds. The van der Waals surface area contributed by atoms with Crippen molar-refractivity contribution in [3.63, 3.8) is 0 Å². The van der Waals surface area contributed by atoms with Crippen molar-refractivity contribution in [3.05, 3.63) is 29.6 Å². The van der Waals surface area contributed by atoms with Crippen LogP contribution >= 0.6 is 0 Å². The van der Waals surface area contributed by atoms with Gasteiger partial charge in [0.15, 0.2) is 0 Å². The van der Waals surface area contributed by atoms with Crippen LogP contribution in [-0.4, -0.2) is 22.2 Å². The summed E-state index contributed by atoms with van der Waals surface area (Å²) in [5.74, 6) is 0. The Morgan fingerprint density at radius 3 is 2.77 bits per heavy atom. The molecular weight excluding hydrogens is 164 g/mol. The van der Waals surface area contributed by atoms with E-state index in [4.69, 9.17) is 10.8 Å². The molecule has 72 valence electrons. The van der Waals surface area contributed by atoms with E-state index in [0.29, 0.717) is 6.42 Å². The van der Waals surface area contributed by atoms with Gasteiger partial charge in [0.25, 0.3) is 0 Å². The lowest BCUT2D eigenvalue weighted by Crippen LogP contribution is -2.42. The highest BCUT2D eigenvalue weighted by molar-refractivity contribution is 5.18. The second-order valence-corrected chi connectivity index (χ2v) is 3.86. The van der Waals surface area contributed by atoms with Gasteiger partial charge in [-0.25, -0.2) is 0 Å². The van der Waals surface area contributed by atoms with Crippen LogP contribution in [0.3, 0.4) is 0 Å². The predicted molar refractivity (Wildman–Crippen MR) is 52.4 cm³/mol.